The second-order valence-corrected chi connectivity index (χ2v) is 9.88. The second-order valence-electron chi connectivity index (χ2n) is 9.88. The van der Waals surface area contributed by atoms with Crippen molar-refractivity contribution in [3.63, 3.8) is 0 Å². The molecule has 3 aromatic rings. The molecule has 2 aliphatic rings. The topological polar surface area (TPSA) is 106 Å². The molecule has 0 aromatic heterocycles. The second kappa shape index (κ2) is 11.2. The minimum atomic E-state index is -0.606. The summed E-state index contributed by atoms with van der Waals surface area (Å²) in [6, 6.07) is 19.6. The number of nitrogens with one attached hydrogen (secondary N) is 2. The first-order chi connectivity index (χ1) is 19.3. The van der Waals surface area contributed by atoms with Gasteiger partial charge < -0.3 is 30.0 Å². The highest BCUT2D eigenvalue weighted by atomic mass is 16.5. The van der Waals surface area contributed by atoms with E-state index in [1.54, 1.807) is 57.7 Å². The maximum Gasteiger partial charge on any atom is 0.254 e. The molecule has 1 aliphatic carbocycles. The Morgan fingerprint density at radius 2 is 1.55 bits per heavy atom. The number of benzene rings is 3. The fraction of sp³-hybridized carbons (Fsp3) is 0.250. The maximum atomic E-state index is 13.9. The zero-order valence-corrected chi connectivity index (χ0v) is 22.9. The van der Waals surface area contributed by atoms with Crippen molar-refractivity contribution in [2.45, 2.75) is 31.6 Å². The van der Waals surface area contributed by atoms with Gasteiger partial charge >= 0.3 is 0 Å². The summed E-state index contributed by atoms with van der Waals surface area (Å²) in [7, 11) is 4.72. The highest BCUT2D eigenvalue weighted by Crippen LogP contribution is 2.46. The Bertz CT molecular complexity index is 1520. The van der Waals surface area contributed by atoms with Gasteiger partial charge in [-0.1, -0.05) is 30.3 Å². The van der Waals surface area contributed by atoms with Crippen LogP contribution in [-0.2, 0) is 9.59 Å². The summed E-state index contributed by atoms with van der Waals surface area (Å²) in [6.07, 6.45) is 0.870. The molecule has 0 spiro atoms. The third-order valence-electron chi connectivity index (χ3n) is 7.53. The van der Waals surface area contributed by atoms with Gasteiger partial charge in [0.2, 0.25) is 0 Å². The number of phenolic OH excluding ortho intramolecular Hbond substituents is 1. The average Bonchev–Trinajstić information content (AvgIpc) is 2.96. The predicted molar refractivity (Wildman–Crippen MR) is 152 cm³/mol. The smallest absolute Gasteiger partial charge is 0.254 e. The van der Waals surface area contributed by atoms with Crippen LogP contribution in [0.5, 0.6) is 23.0 Å². The standard InChI is InChI=1S/C32H32N2O6/c1-18-29(32(37)34-23-7-5-6-8-26(23)38-2)30(19-9-12-22(35)13-10-19)31-24(33-18)15-21(16-25(31)36)20-11-14-27(39-3)28(17-20)40-4/h5-14,17,21,30,33,35H,15-16H2,1-4H3,(H,34,37). The van der Waals surface area contributed by atoms with Crippen molar-refractivity contribution in [3.05, 3.63) is 100 Å². The first-order valence-corrected chi connectivity index (χ1v) is 13.0. The molecule has 5 rings (SSSR count). The number of allylic oxidation sites excluding steroid dienone is 3. The molecule has 40 heavy (non-hydrogen) atoms. The lowest BCUT2D eigenvalue weighted by molar-refractivity contribution is -0.116. The summed E-state index contributed by atoms with van der Waals surface area (Å²) in [5.74, 6) is 0.816. The van der Waals surface area contributed by atoms with Gasteiger partial charge in [0.15, 0.2) is 17.3 Å². The molecule has 0 fully saturated rings. The summed E-state index contributed by atoms with van der Waals surface area (Å²) in [5.41, 5.74) is 4.70. The minimum Gasteiger partial charge on any atom is -0.508 e. The van der Waals surface area contributed by atoms with E-state index >= 15 is 0 Å². The fourth-order valence-electron chi connectivity index (χ4n) is 5.62. The van der Waals surface area contributed by atoms with E-state index in [2.05, 4.69) is 10.6 Å². The van der Waals surface area contributed by atoms with Crippen LogP contribution in [0.1, 0.15) is 42.7 Å². The fourth-order valence-corrected chi connectivity index (χ4v) is 5.62. The predicted octanol–water partition coefficient (Wildman–Crippen LogP) is 5.42. The van der Waals surface area contributed by atoms with Gasteiger partial charge in [-0.3, -0.25) is 9.59 Å². The van der Waals surface area contributed by atoms with Crippen LogP contribution in [0, 0.1) is 0 Å². The molecule has 0 bridgehead atoms. The Morgan fingerprint density at radius 1 is 0.875 bits per heavy atom. The van der Waals surface area contributed by atoms with Crippen LogP contribution in [0.2, 0.25) is 0 Å². The molecule has 8 nitrogen and oxygen atoms in total. The number of Topliss-reactive ketones (excluding diaryl/α,β-unsaturated/α-hetero) is 1. The van der Waals surface area contributed by atoms with E-state index in [1.807, 2.05) is 37.3 Å². The van der Waals surface area contributed by atoms with Crippen molar-refractivity contribution < 1.29 is 28.9 Å². The molecular weight excluding hydrogens is 508 g/mol. The number of para-hydroxylation sites is 2. The number of phenols is 1. The summed E-state index contributed by atoms with van der Waals surface area (Å²) < 4.78 is 16.3. The maximum absolute atomic E-state index is 13.9. The number of carbonyl (C=O) groups is 2. The largest absolute Gasteiger partial charge is 0.508 e. The number of hydrogen-bond acceptors (Lipinski definition) is 7. The molecule has 0 saturated carbocycles. The number of ether oxygens (including phenoxy) is 3. The number of carbonyl (C=O) groups excluding carboxylic acids is 2. The quantitative estimate of drug-likeness (QED) is 0.368. The molecule has 2 unspecified atom stereocenters. The molecule has 8 heteroatoms. The van der Waals surface area contributed by atoms with Gasteiger partial charge in [-0.2, -0.15) is 0 Å². The highest BCUT2D eigenvalue weighted by molar-refractivity contribution is 6.10. The zero-order chi connectivity index (χ0) is 28.4. The third kappa shape index (κ3) is 5.00. The lowest BCUT2D eigenvalue weighted by Gasteiger charge is -2.37. The number of ketones is 1. The summed E-state index contributed by atoms with van der Waals surface area (Å²) >= 11 is 0. The molecule has 1 heterocycles. The number of aromatic hydroxyl groups is 1. The van der Waals surface area contributed by atoms with Crippen LogP contribution in [-0.4, -0.2) is 38.1 Å². The normalized spacial score (nSPS) is 18.6. The van der Waals surface area contributed by atoms with Gasteiger partial charge in [-0.05, 0) is 66.8 Å². The number of amides is 1. The van der Waals surface area contributed by atoms with Crippen molar-refractivity contribution in [2.75, 3.05) is 26.6 Å². The van der Waals surface area contributed by atoms with E-state index in [0.717, 1.165) is 16.8 Å². The van der Waals surface area contributed by atoms with Crippen molar-refractivity contribution in [3.8, 4) is 23.0 Å². The van der Waals surface area contributed by atoms with Crippen LogP contribution in [0.4, 0.5) is 5.69 Å². The van der Waals surface area contributed by atoms with Crippen LogP contribution < -0.4 is 24.8 Å². The monoisotopic (exact) mass is 540 g/mol. The van der Waals surface area contributed by atoms with Crippen LogP contribution in [0.25, 0.3) is 0 Å². The van der Waals surface area contributed by atoms with Crippen LogP contribution in [0.3, 0.4) is 0 Å². The lowest BCUT2D eigenvalue weighted by Crippen LogP contribution is -2.37. The van der Waals surface area contributed by atoms with Crippen LogP contribution >= 0.6 is 0 Å². The Morgan fingerprint density at radius 3 is 2.25 bits per heavy atom. The molecule has 0 saturated heterocycles. The minimum absolute atomic E-state index is 0.0401. The van der Waals surface area contributed by atoms with E-state index in [0.29, 0.717) is 46.2 Å². The first-order valence-electron chi connectivity index (χ1n) is 13.0. The first kappa shape index (κ1) is 26.9. The van der Waals surface area contributed by atoms with E-state index in [1.165, 1.54) is 0 Å². The average molecular weight is 541 g/mol. The number of hydrogen-bond donors (Lipinski definition) is 3. The van der Waals surface area contributed by atoms with Crippen LogP contribution in [0.15, 0.2) is 89.3 Å². The van der Waals surface area contributed by atoms with E-state index in [4.69, 9.17) is 14.2 Å². The third-order valence-corrected chi connectivity index (χ3v) is 7.53. The van der Waals surface area contributed by atoms with Crippen molar-refractivity contribution in [2.24, 2.45) is 0 Å². The molecule has 3 N–H and O–H groups in total. The Kier molecular flexibility index (Phi) is 7.51. The number of rotatable bonds is 7. The molecule has 206 valence electrons. The van der Waals surface area contributed by atoms with Crippen molar-refractivity contribution >= 4 is 17.4 Å². The molecule has 1 aliphatic heterocycles. The molecule has 3 aromatic carbocycles. The van der Waals surface area contributed by atoms with E-state index in [-0.39, 0.29) is 29.8 Å². The number of dihydropyridines is 1. The van der Waals surface area contributed by atoms with Gasteiger partial charge in [0.25, 0.3) is 5.91 Å². The van der Waals surface area contributed by atoms with E-state index in [9.17, 15) is 14.7 Å². The van der Waals surface area contributed by atoms with Gasteiger partial charge in [0, 0.05) is 34.9 Å². The van der Waals surface area contributed by atoms with Crippen molar-refractivity contribution in [1.29, 1.82) is 0 Å². The van der Waals surface area contributed by atoms with Gasteiger partial charge in [-0.25, -0.2) is 0 Å². The van der Waals surface area contributed by atoms with E-state index < -0.39 is 5.92 Å². The number of anilines is 1. The lowest BCUT2D eigenvalue weighted by atomic mass is 9.71. The number of methoxy groups -OCH3 is 3. The molecule has 0 radical (unpaired) electrons. The van der Waals surface area contributed by atoms with Gasteiger partial charge in [0.1, 0.15) is 11.5 Å². The molecule has 2 atom stereocenters. The van der Waals surface area contributed by atoms with Crippen molar-refractivity contribution in [1.82, 2.24) is 5.32 Å². The van der Waals surface area contributed by atoms with Gasteiger partial charge in [-0.15, -0.1) is 0 Å². The summed E-state index contributed by atoms with van der Waals surface area (Å²) in [4.78, 5) is 27.7. The molecule has 1 amide bonds. The summed E-state index contributed by atoms with van der Waals surface area (Å²) in [6.45, 7) is 1.85. The molecular formula is C32H32N2O6. The SMILES string of the molecule is COc1ccccc1NC(=O)C1=C(C)NC2=C(C(=O)CC(c3ccc(OC)c(OC)c3)C2)C1c1ccc(O)cc1. The Labute approximate surface area is 233 Å². The van der Waals surface area contributed by atoms with Gasteiger partial charge in [0.05, 0.1) is 27.0 Å². The highest BCUT2D eigenvalue weighted by Gasteiger charge is 2.41. The zero-order valence-electron chi connectivity index (χ0n) is 22.9. The Hall–Kier alpha value is -4.72. The summed E-state index contributed by atoms with van der Waals surface area (Å²) in [5, 5.41) is 16.3. The Balaban J connectivity index is 1.54.